The maximum Gasteiger partial charge on any atom is 0.271 e. The molecule has 1 aliphatic heterocycles. The lowest BCUT2D eigenvalue weighted by Gasteiger charge is -2.43. The van der Waals surface area contributed by atoms with E-state index in [1.54, 1.807) is 6.21 Å². The van der Waals surface area contributed by atoms with Crippen LogP contribution in [-0.2, 0) is 0 Å². The average molecular weight is 398 g/mol. The van der Waals surface area contributed by atoms with Gasteiger partial charge in [0.25, 0.3) is 5.91 Å². The summed E-state index contributed by atoms with van der Waals surface area (Å²) in [6, 6.07) is 9.92. The first-order chi connectivity index (χ1) is 13.2. The minimum atomic E-state index is -0.361. The van der Waals surface area contributed by atoms with Crippen molar-refractivity contribution in [3.63, 3.8) is 0 Å². The molecule has 0 saturated heterocycles. The van der Waals surface area contributed by atoms with Crippen LogP contribution in [0.15, 0.2) is 47.6 Å². The maximum atomic E-state index is 12.1. The number of hydrogen-bond acceptors (Lipinski definition) is 4. The van der Waals surface area contributed by atoms with Gasteiger partial charge in [-0.25, -0.2) is 5.43 Å². The Morgan fingerprint density at radius 2 is 1.96 bits per heavy atom. The van der Waals surface area contributed by atoms with Crippen LogP contribution >= 0.6 is 11.6 Å². The van der Waals surface area contributed by atoms with Crippen molar-refractivity contribution >= 4 is 35.0 Å². The van der Waals surface area contributed by atoms with Gasteiger partial charge >= 0.3 is 0 Å². The fourth-order valence-corrected chi connectivity index (χ4v) is 3.84. The Hall–Kier alpha value is -2.79. The van der Waals surface area contributed by atoms with Crippen LogP contribution in [0.5, 0.6) is 5.75 Å². The molecule has 28 heavy (non-hydrogen) atoms. The Morgan fingerprint density at radius 1 is 1.29 bits per heavy atom. The monoisotopic (exact) mass is 397 g/mol. The van der Waals surface area contributed by atoms with Crippen LogP contribution in [0.1, 0.15) is 49.2 Å². The lowest BCUT2D eigenvalue weighted by Crippen LogP contribution is -2.44. The largest absolute Gasteiger partial charge is 0.508 e. The highest BCUT2D eigenvalue weighted by molar-refractivity contribution is 6.33. The molecule has 0 atom stereocenters. The molecule has 6 heteroatoms. The number of carbonyl (C=O) groups is 1. The number of halogens is 1. The Bertz CT molecular complexity index is 962. The van der Waals surface area contributed by atoms with Crippen LogP contribution < -0.4 is 10.3 Å². The van der Waals surface area contributed by atoms with Crippen LogP contribution in [0.4, 0.5) is 5.69 Å². The molecule has 3 rings (SSSR count). The normalized spacial score (nSPS) is 15.3. The minimum absolute atomic E-state index is 0.0805. The second-order valence-electron chi connectivity index (χ2n) is 7.36. The van der Waals surface area contributed by atoms with Gasteiger partial charge in [0.1, 0.15) is 5.75 Å². The summed E-state index contributed by atoms with van der Waals surface area (Å²) in [5, 5.41) is 13.9. The molecule has 0 aromatic heterocycles. The number of nitrogens with zero attached hydrogens (tertiary/aromatic N) is 2. The number of phenols is 1. The summed E-state index contributed by atoms with van der Waals surface area (Å²) in [5.74, 6) is -0.256. The van der Waals surface area contributed by atoms with Gasteiger partial charge in [0, 0.05) is 28.9 Å². The summed E-state index contributed by atoms with van der Waals surface area (Å²) in [6.45, 7) is 9.46. The van der Waals surface area contributed by atoms with Gasteiger partial charge in [0.15, 0.2) is 0 Å². The number of benzene rings is 2. The Balaban J connectivity index is 1.84. The number of hydrogen-bond donors (Lipinski definition) is 2. The number of phenolic OH excluding ortho intramolecular Hbond substituents is 1. The van der Waals surface area contributed by atoms with E-state index in [-0.39, 0.29) is 17.2 Å². The van der Waals surface area contributed by atoms with E-state index < -0.39 is 0 Å². The average Bonchev–Trinajstić information content (AvgIpc) is 2.62. The third-order valence-electron chi connectivity index (χ3n) is 4.91. The Morgan fingerprint density at radius 3 is 2.61 bits per heavy atom. The Kier molecular flexibility index (Phi) is 5.47. The van der Waals surface area contributed by atoms with Crippen molar-refractivity contribution in [1.29, 1.82) is 0 Å². The number of nitrogens with one attached hydrogen (secondary N) is 1. The summed E-state index contributed by atoms with van der Waals surface area (Å²) in [5.41, 5.74) is 6.94. The summed E-state index contributed by atoms with van der Waals surface area (Å²) in [6.07, 6.45) is 3.80. The zero-order valence-electron chi connectivity index (χ0n) is 16.5. The van der Waals surface area contributed by atoms with E-state index in [0.717, 1.165) is 23.4 Å². The maximum absolute atomic E-state index is 12.1. The van der Waals surface area contributed by atoms with Crippen molar-refractivity contribution in [2.75, 3.05) is 11.4 Å². The molecule has 1 aliphatic rings. The number of hydrazone groups is 1. The number of fused-ring (bicyclic) bond motifs is 1. The van der Waals surface area contributed by atoms with E-state index in [0.29, 0.717) is 10.6 Å². The van der Waals surface area contributed by atoms with Gasteiger partial charge in [-0.3, -0.25) is 4.79 Å². The molecule has 1 heterocycles. The third-order valence-corrected chi connectivity index (χ3v) is 5.24. The van der Waals surface area contributed by atoms with Gasteiger partial charge in [-0.1, -0.05) is 17.7 Å². The molecule has 2 aromatic carbocycles. The van der Waals surface area contributed by atoms with Crippen molar-refractivity contribution in [2.24, 2.45) is 5.10 Å². The summed E-state index contributed by atoms with van der Waals surface area (Å²) in [7, 11) is 0. The fraction of sp³-hybridized carbons (Fsp3) is 0.273. The summed E-state index contributed by atoms with van der Waals surface area (Å²) in [4.78, 5) is 14.4. The third kappa shape index (κ3) is 3.90. The van der Waals surface area contributed by atoms with E-state index in [4.69, 9.17) is 11.6 Å². The number of allylic oxidation sites excluding steroid dienone is 1. The van der Waals surface area contributed by atoms with Crippen molar-refractivity contribution < 1.29 is 9.90 Å². The van der Waals surface area contributed by atoms with Gasteiger partial charge in [0.2, 0.25) is 0 Å². The first-order valence-corrected chi connectivity index (χ1v) is 9.54. The standard InChI is InChI=1S/C22H24ClN3O2/c1-5-26-20-11-19(23)16(10-18(20)14(2)12-22(26,3)4)13-24-25-21(28)15-6-8-17(27)9-7-15/h6-13,27H,5H2,1-4H3,(H,25,28)/b24-13-. The molecule has 1 amide bonds. The Labute approximate surface area is 170 Å². The van der Waals surface area contributed by atoms with Crippen molar-refractivity contribution in [2.45, 2.75) is 33.2 Å². The first kappa shape index (κ1) is 20.0. The number of aromatic hydroxyl groups is 1. The van der Waals surface area contributed by atoms with E-state index >= 15 is 0 Å². The first-order valence-electron chi connectivity index (χ1n) is 9.16. The molecule has 0 radical (unpaired) electrons. The number of carbonyl (C=O) groups excluding carboxylic acids is 1. The molecule has 5 nitrogen and oxygen atoms in total. The topological polar surface area (TPSA) is 64.9 Å². The SMILES string of the molecule is CCN1c2cc(Cl)c(/C=N\NC(=O)c3ccc(O)cc3)cc2C(C)=CC1(C)C. The quantitative estimate of drug-likeness (QED) is 0.573. The van der Waals surface area contributed by atoms with Gasteiger partial charge < -0.3 is 10.0 Å². The molecular formula is C22H24ClN3O2. The van der Waals surface area contributed by atoms with E-state index in [1.165, 1.54) is 29.8 Å². The van der Waals surface area contributed by atoms with Gasteiger partial charge in [0.05, 0.1) is 16.8 Å². The highest BCUT2D eigenvalue weighted by atomic mass is 35.5. The molecule has 2 aromatic rings. The molecule has 2 N–H and O–H groups in total. The number of rotatable bonds is 4. The van der Waals surface area contributed by atoms with Crippen LogP contribution in [0, 0.1) is 0 Å². The lowest BCUT2D eigenvalue weighted by atomic mass is 9.88. The smallest absolute Gasteiger partial charge is 0.271 e. The predicted octanol–water partition coefficient (Wildman–Crippen LogP) is 4.83. The molecule has 0 aliphatic carbocycles. The minimum Gasteiger partial charge on any atom is -0.508 e. The van der Waals surface area contributed by atoms with E-state index in [1.807, 2.05) is 12.1 Å². The van der Waals surface area contributed by atoms with Gasteiger partial charge in [-0.05, 0) is 69.7 Å². The van der Waals surface area contributed by atoms with Crippen molar-refractivity contribution in [3.8, 4) is 5.75 Å². The predicted molar refractivity (Wildman–Crippen MR) is 115 cm³/mol. The highest BCUT2D eigenvalue weighted by Crippen LogP contribution is 2.40. The van der Waals surface area contributed by atoms with Crippen LogP contribution in [0.3, 0.4) is 0 Å². The molecule has 146 valence electrons. The van der Waals surface area contributed by atoms with Gasteiger partial charge in [-0.2, -0.15) is 5.10 Å². The molecule has 0 bridgehead atoms. The molecular weight excluding hydrogens is 374 g/mol. The number of likely N-dealkylation sites (N-methyl/N-ethyl adjacent to an activating group) is 1. The van der Waals surface area contributed by atoms with Gasteiger partial charge in [-0.15, -0.1) is 0 Å². The zero-order valence-corrected chi connectivity index (χ0v) is 17.2. The number of amides is 1. The molecule has 0 fully saturated rings. The molecule has 0 saturated carbocycles. The molecule has 0 unspecified atom stereocenters. The summed E-state index contributed by atoms with van der Waals surface area (Å²) >= 11 is 6.50. The van der Waals surface area contributed by atoms with Crippen molar-refractivity contribution in [1.82, 2.24) is 5.43 Å². The van der Waals surface area contributed by atoms with Crippen LogP contribution in [0.25, 0.3) is 5.57 Å². The van der Waals surface area contributed by atoms with Crippen LogP contribution in [-0.4, -0.2) is 29.3 Å². The van der Waals surface area contributed by atoms with Crippen molar-refractivity contribution in [3.05, 3.63) is 64.2 Å². The second kappa shape index (κ2) is 7.68. The molecule has 0 spiro atoms. The van der Waals surface area contributed by atoms with E-state index in [9.17, 15) is 9.90 Å². The van der Waals surface area contributed by atoms with Crippen LogP contribution in [0.2, 0.25) is 5.02 Å². The second-order valence-corrected chi connectivity index (χ2v) is 7.77. The number of anilines is 1. The fourth-order valence-electron chi connectivity index (χ4n) is 3.63. The van der Waals surface area contributed by atoms with E-state index in [2.05, 4.69) is 49.2 Å². The highest BCUT2D eigenvalue weighted by Gasteiger charge is 2.30. The summed E-state index contributed by atoms with van der Waals surface area (Å²) < 4.78 is 0. The lowest BCUT2D eigenvalue weighted by molar-refractivity contribution is 0.0955. The zero-order chi connectivity index (χ0) is 20.5.